The molecule has 148 valence electrons. The fourth-order valence-electron chi connectivity index (χ4n) is 3.14. The molecule has 1 unspecified atom stereocenters. The van der Waals surface area contributed by atoms with E-state index in [0.29, 0.717) is 17.9 Å². The zero-order chi connectivity index (χ0) is 19.5. The molecule has 1 amide bonds. The molecule has 1 N–H and O–H groups in total. The summed E-state index contributed by atoms with van der Waals surface area (Å²) < 4.78 is 11.9. The van der Waals surface area contributed by atoms with Gasteiger partial charge in [0.05, 0.1) is 0 Å². The Kier molecular flexibility index (Phi) is 7.58. The van der Waals surface area contributed by atoms with E-state index in [1.54, 1.807) is 0 Å². The number of carbonyl (C=O) groups excluding carboxylic acids is 1. The summed E-state index contributed by atoms with van der Waals surface area (Å²) in [6.07, 6.45) is 4.73. The molecule has 0 aromatic carbocycles. The molecule has 0 aromatic heterocycles. The minimum Gasteiger partial charge on any atom is -0.444 e. The molecular weight excluding hydrogens is 330 g/mol. The van der Waals surface area contributed by atoms with Gasteiger partial charge in [0.1, 0.15) is 5.60 Å². The maximum Gasteiger partial charge on any atom is 0.407 e. The van der Waals surface area contributed by atoms with Gasteiger partial charge in [-0.3, -0.25) is 0 Å². The topological polar surface area (TPSA) is 47.6 Å². The van der Waals surface area contributed by atoms with Crippen LogP contribution in [0.4, 0.5) is 4.79 Å². The number of hydrogen-bond donors (Lipinski definition) is 1. The first kappa shape index (κ1) is 22.5. The van der Waals surface area contributed by atoms with Crippen molar-refractivity contribution < 1.29 is 14.0 Å². The quantitative estimate of drug-likeness (QED) is 0.628. The van der Waals surface area contributed by atoms with Gasteiger partial charge in [0.15, 0.2) is 8.32 Å². The van der Waals surface area contributed by atoms with Crippen molar-refractivity contribution in [3.63, 3.8) is 0 Å². The standard InChI is InChI=1S/C20H41NO3Si/c1-15(24-25(8,9)20(5,6)7)17-12-10-16(11-13-17)14-21-18(22)23-19(2,3)4/h15-17H,10-14H2,1-9H3,(H,21,22). The molecule has 0 heterocycles. The first-order valence-corrected chi connectivity index (χ1v) is 12.8. The second-order valence-corrected chi connectivity index (χ2v) is 15.0. The van der Waals surface area contributed by atoms with E-state index in [2.05, 4.69) is 46.1 Å². The molecule has 1 aliphatic rings. The Bertz CT molecular complexity index is 429. The first-order valence-electron chi connectivity index (χ1n) is 9.86. The van der Waals surface area contributed by atoms with Crippen LogP contribution in [0.5, 0.6) is 0 Å². The van der Waals surface area contributed by atoms with Crippen molar-refractivity contribution in [1.82, 2.24) is 5.32 Å². The highest BCUT2D eigenvalue weighted by Gasteiger charge is 2.40. The molecule has 1 rings (SSSR count). The van der Waals surface area contributed by atoms with E-state index in [1.807, 2.05) is 20.8 Å². The second kappa shape index (κ2) is 8.42. The Balaban J connectivity index is 2.37. The van der Waals surface area contributed by atoms with Crippen molar-refractivity contribution in [3.05, 3.63) is 0 Å². The van der Waals surface area contributed by atoms with Crippen molar-refractivity contribution >= 4 is 14.4 Å². The van der Waals surface area contributed by atoms with E-state index in [9.17, 15) is 4.79 Å². The Labute approximate surface area is 156 Å². The van der Waals surface area contributed by atoms with Gasteiger partial charge >= 0.3 is 6.09 Å². The highest BCUT2D eigenvalue weighted by molar-refractivity contribution is 6.74. The van der Waals surface area contributed by atoms with Crippen LogP contribution in [0.3, 0.4) is 0 Å². The third-order valence-electron chi connectivity index (χ3n) is 5.78. The molecule has 0 aliphatic heterocycles. The minimum absolute atomic E-state index is 0.260. The van der Waals surface area contributed by atoms with Gasteiger partial charge < -0.3 is 14.5 Å². The van der Waals surface area contributed by atoms with Gasteiger partial charge in [-0.2, -0.15) is 0 Å². The third kappa shape index (κ3) is 7.69. The van der Waals surface area contributed by atoms with E-state index >= 15 is 0 Å². The number of alkyl carbamates (subject to hydrolysis) is 1. The lowest BCUT2D eigenvalue weighted by molar-refractivity contribution is 0.0502. The van der Waals surface area contributed by atoms with Crippen LogP contribution < -0.4 is 5.32 Å². The largest absolute Gasteiger partial charge is 0.444 e. The maximum atomic E-state index is 11.8. The smallest absolute Gasteiger partial charge is 0.407 e. The highest BCUT2D eigenvalue weighted by atomic mass is 28.4. The Morgan fingerprint density at radius 2 is 1.60 bits per heavy atom. The number of carbonyl (C=O) groups is 1. The molecule has 0 radical (unpaired) electrons. The molecular formula is C20H41NO3Si. The highest BCUT2D eigenvalue weighted by Crippen LogP contribution is 2.40. The summed E-state index contributed by atoms with van der Waals surface area (Å²) in [4.78, 5) is 11.8. The zero-order valence-electron chi connectivity index (χ0n) is 18.0. The molecule has 1 atom stereocenters. The van der Waals surface area contributed by atoms with E-state index < -0.39 is 13.9 Å². The van der Waals surface area contributed by atoms with E-state index in [4.69, 9.17) is 9.16 Å². The van der Waals surface area contributed by atoms with E-state index in [1.165, 1.54) is 12.8 Å². The fourth-order valence-corrected chi connectivity index (χ4v) is 4.62. The molecule has 25 heavy (non-hydrogen) atoms. The molecule has 1 saturated carbocycles. The van der Waals surface area contributed by atoms with Gasteiger partial charge in [0.2, 0.25) is 0 Å². The van der Waals surface area contributed by atoms with E-state index in [0.717, 1.165) is 19.4 Å². The Morgan fingerprint density at radius 1 is 1.08 bits per heavy atom. The maximum absolute atomic E-state index is 11.8. The third-order valence-corrected chi connectivity index (χ3v) is 10.3. The second-order valence-electron chi connectivity index (χ2n) is 10.2. The average molecular weight is 372 g/mol. The monoisotopic (exact) mass is 371 g/mol. The molecule has 4 nitrogen and oxygen atoms in total. The molecule has 1 aliphatic carbocycles. The predicted octanol–water partition coefficient (Wildman–Crippen LogP) is 5.73. The van der Waals surface area contributed by atoms with Crippen LogP contribution in [0.1, 0.15) is 74.1 Å². The lowest BCUT2D eigenvalue weighted by Gasteiger charge is -2.42. The number of hydrogen-bond acceptors (Lipinski definition) is 3. The number of rotatable bonds is 5. The lowest BCUT2D eigenvalue weighted by Crippen LogP contribution is -2.45. The molecule has 0 aromatic rings. The van der Waals surface area contributed by atoms with Crippen LogP contribution in [0.15, 0.2) is 0 Å². The van der Waals surface area contributed by atoms with Crippen molar-refractivity contribution in [1.29, 1.82) is 0 Å². The van der Waals surface area contributed by atoms with Crippen molar-refractivity contribution in [3.8, 4) is 0 Å². The molecule has 0 saturated heterocycles. The van der Waals surface area contributed by atoms with E-state index in [-0.39, 0.29) is 11.1 Å². The van der Waals surface area contributed by atoms with Crippen molar-refractivity contribution in [2.24, 2.45) is 11.8 Å². The van der Waals surface area contributed by atoms with Crippen LogP contribution in [-0.4, -0.2) is 32.7 Å². The molecule has 0 bridgehead atoms. The number of amides is 1. The normalized spacial score (nSPS) is 23.9. The minimum atomic E-state index is -1.70. The summed E-state index contributed by atoms with van der Waals surface area (Å²) in [5, 5.41) is 3.19. The summed E-state index contributed by atoms with van der Waals surface area (Å²) in [7, 11) is -1.70. The summed E-state index contributed by atoms with van der Waals surface area (Å²) in [5.41, 5.74) is -0.432. The van der Waals surface area contributed by atoms with Crippen LogP contribution in [0.25, 0.3) is 0 Å². The summed E-state index contributed by atoms with van der Waals surface area (Å²) in [6, 6.07) is 0. The van der Waals surface area contributed by atoms with Gasteiger partial charge in [0.25, 0.3) is 0 Å². The number of ether oxygens (including phenoxy) is 1. The lowest BCUT2D eigenvalue weighted by atomic mass is 9.80. The average Bonchev–Trinajstić information content (AvgIpc) is 2.42. The summed E-state index contributed by atoms with van der Waals surface area (Å²) >= 11 is 0. The SMILES string of the molecule is CC(O[Si](C)(C)C(C)(C)C)C1CCC(CNC(=O)OC(C)(C)C)CC1. The van der Waals surface area contributed by atoms with Gasteiger partial charge in [-0.1, -0.05) is 20.8 Å². The van der Waals surface area contributed by atoms with Crippen LogP contribution >= 0.6 is 0 Å². The van der Waals surface area contributed by atoms with Gasteiger partial charge in [0, 0.05) is 12.6 Å². The summed E-state index contributed by atoms with van der Waals surface area (Å²) in [6.45, 7) is 20.2. The first-order chi connectivity index (χ1) is 11.2. The summed E-state index contributed by atoms with van der Waals surface area (Å²) in [5.74, 6) is 1.20. The van der Waals surface area contributed by atoms with Gasteiger partial charge in [-0.05, 0) is 83.3 Å². The predicted molar refractivity (Wildman–Crippen MR) is 107 cm³/mol. The van der Waals surface area contributed by atoms with Gasteiger partial charge in [-0.15, -0.1) is 0 Å². The van der Waals surface area contributed by atoms with Crippen LogP contribution in [0.2, 0.25) is 18.1 Å². The van der Waals surface area contributed by atoms with Gasteiger partial charge in [-0.25, -0.2) is 4.79 Å². The Hall–Kier alpha value is -0.553. The fraction of sp³-hybridized carbons (Fsp3) is 0.950. The Morgan fingerprint density at radius 3 is 2.04 bits per heavy atom. The molecule has 1 fully saturated rings. The zero-order valence-corrected chi connectivity index (χ0v) is 19.0. The van der Waals surface area contributed by atoms with Crippen molar-refractivity contribution in [2.75, 3.05) is 6.54 Å². The van der Waals surface area contributed by atoms with Crippen LogP contribution in [-0.2, 0) is 9.16 Å². The molecule has 5 heteroatoms. The van der Waals surface area contributed by atoms with Crippen LogP contribution in [0, 0.1) is 11.8 Å². The number of nitrogens with one attached hydrogen (secondary N) is 1. The van der Waals surface area contributed by atoms with Crippen molar-refractivity contribution in [2.45, 2.75) is 104 Å². The molecule has 0 spiro atoms.